The number of likely N-dealkylation sites (N-methyl/N-ethyl adjacent to an activating group) is 1. The second kappa shape index (κ2) is 10.8. The van der Waals surface area contributed by atoms with Crippen LogP contribution in [0.1, 0.15) is 50.2 Å². The van der Waals surface area contributed by atoms with Crippen molar-refractivity contribution in [2.45, 2.75) is 58.8 Å². The molecule has 0 aliphatic carbocycles. The summed E-state index contributed by atoms with van der Waals surface area (Å²) in [7, 11) is 2.55. The molecule has 1 N–H and O–H groups in total. The van der Waals surface area contributed by atoms with Gasteiger partial charge in [0.2, 0.25) is 0 Å². The lowest BCUT2D eigenvalue weighted by Crippen LogP contribution is -2.43. The lowest BCUT2D eigenvalue weighted by Gasteiger charge is -2.39. The van der Waals surface area contributed by atoms with Crippen LogP contribution in [0.3, 0.4) is 0 Å². The minimum Gasteiger partial charge on any atom is -0.370 e. The molecule has 4 rings (SSSR count). The van der Waals surface area contributed by atoms with Gasteiger partial charge in [-0.15, -0.1) is 0 Å². The zero-order valence-electron chi connectivity index (χ0n) is 21.0. The number of allylic oxidation sites excluding steroid dienone is 2. The van der Waals surface area contributed by atoms with Gasteiger partial charge in [-0.25, -0.2) is 4.52 Å². The van der Waals surface area contributed by atoms with Crippen molar-refractivity contribution in [1.29, 1.82) is 0 Å². The number of aromatic nitrogens is 3. The van der Waals surface area contributed by atoms with Crippen molar-refractivity contribution >= 4 is 25.7 Å². The van der Waals surface area contributed by atoms with Crippen molar-refractivity contribution in [3.8, 4) is 0 Å². The molecule has 2 unspecified atom stereocenters. The van der Waals surface area contributed by atoms with Crippen LogP contribution in [-0.4, -0.2) is 69.2 Å². The van der Waals surface area contributed by atoms with Gasteiger partial charge in [-0.05, 0) is 70.4 Å². The van der Waals surface area contributed by atoms with E-state index in [1.165, 1.54) is 30.5 Å². The highest BCUT2D eigenvalue weighted by molar-refractivity contribution is 7.51. The largest absolute Gasteiger partial charge is 0.370 e. The number of hydrogen-bond acceptors (Lipinski definition) is 6. The molecule has 8 heteroatoms. The van der Waals surface area contributed by atoms with Gasteiger partial charge in [-0.3, -0.25) is 9.78 Å². The number of nitrogens with zero attached hydrogens (tertiary/aromatic N) is 5. The zero-order chi connectivity index (χ0) is 24.2. The van der Waals surface area contributed by atoms with Crippen LogP contribution in [0.5, 0.6) is 0 Å². The number of hydrogen-bond donors (Lipinski definition) is 1. The Kier molecular flexibility index (Phi) is 7.84. The fourth-order valence-electron chi connectivity index (χ4n) is 4.88. The van der Waals surface area contributed by atoms with Crippen molar-refractivity contribution in [1.82, 2.24) is 29.7 Å². The normalized spacial score (nSPS) is 20.4. The van der Waals surface area contributed by atoms with Crippen LogP contribution in [0.25, 0.3) is 10.8 Å². The summed E-state index contributed by atoms with van der Waals surface area (Å²) >= 11 is 0. The van der Waals surface area contributed by atoms with Crippen LogP contribution in [-0.2, 0) is 4.79 Å². The first-order valence-electron chi connectivity index (χ1n) is 12.3. The Labute approximate surface area is 204 Å². The molecule has 1 saturated heterocycles. The third-order valence-corrected chi connectivity index (χ3v) is 8.53. The standard InChI is InChI=1S/C26H37N6OP/c1-6-10-27-21-7-11-31(12-8-21)22-14-18(2)26(30(5)17-22)34-25(9-13-33)23-15-24-20(4)28-19(3)16-32(24)29-23/h9,13-17,21,26-27,34H,6-8,10-12H2,1-5H3/b25-9-. The van der Waals surface area contributed by atoms with Gasteiger partial charge in [0, 0.05) is 37.7 Å². The highest BCUT2D eigenvalue weighted by Gasteiger charge is 2.26. The number of fused-ring (bicyclic) bond motifs is 1. The molecule has 0 aromatic carbocycles. The van der Waals surface area contributed by atoms with Gasteiger partial charge in [0.05, 0.1) is 40.3 Å². The van der Waals surface area contributed by atoms with Crippen molar-refractivity contribution in [2.75, 3.05) is 26.7 Å². The van der Waals surface area contributed by atoms with E-state index < -0.39 is 0 Å². The summed E-state index contributed by atoms with van der Waals surface area (Å²) in [5.41, 5.74) is 6.31. The first kappa shape index (κ1) is 24.6. The molecule has 0 saturated carbocycles. The molecule has 182 valence electrons. The Balaban J connectivity index is 1.48. The molecule has 0 spiro atoms. The number of aryl methyl sites for hydroxylation is 2. The lowest BCUT2D eigenvalue weighted by atomic mass is 10.0. The number of carbonyl (C=O) groups is 1. The molecule has 34 heavy (non-hydrogen) atoms. The maximum absolute atomic E-state index is 11.5. The summed E-state index contributed by atoms with van der Waals surface area (Å²) in [6.07, 6.45) is 12.6. The minimum atomic E-state index is 0.212. The summed E-state index contributed by atoms with van der Waals surface area (Å²) in [6.45, 7) is 11.7. The average molecular weight is 481 g/mol. The van der Waals surface area contributed by atoms with Crippen molar-refractivity contribution < 1.29 is 4.79 Å². The quantitative estimate of drug-likeness (QED) is 0.349. The highest BCUT2D eigenvalue weighted by Crippen LogP contribution is 2.43. The maximum atomic E-state index is 11.5. The molecule has 2 atom stereocenters. The molecule has 2 aromatic heterocycles. The molecule has 1 fully saturated rings. The predicted octanol–water partition coefficient (Wildman–Crippen LogP) is 4.09. The van der Waals surface area contributed by atoms with E-state index in [9.17, 15) is 4.79 Å². The topological polar surface area (TPSA) is 65.8 Å². The van der Waals surface area contributed by atoms with Crippen LogP contribution in [0.15, 0.2) is 41.9 Å². The van der Waals surface area contributed by atoms with E-state index in [0.717, 1.165) is 53.8 Å². The van der Waals surface area contributed by atoms with Crippen LogP contribution in [0, 0.1) is 13.8 Å². The number of piperidine rings is 1. The molecule has 0 bridgehead atoms. The SMILES string of the molecule is CCCNC1CCN(C2=CN(C)C(P/C(=C\C=O)c3cc4c(C)nc(C)cn4n3)C(C)=C2)CC1. The van der Waals surface area contributed by atoms with Gasteiger partial charge in [0.25, 0.3) is 0 Å². The molecule has 2 aliphatic heterocycles. The van der Waals surface area contributed by atoms with Gasteiger partial charge < -0.3 is 15.1 Å². The van der Waals surface area contributed by atoms with Gasteiger partial charge in [-0.1, -0.05) is 15.5 Å². The molecule has 0 amide bonds. The molecular weight excluding hydrogens is 443 g/mol. The Morgan fingerprint density at radius 3 is 2.71 bits per heavy atom. The lowest BCUT2D eigenvalue weighted by molar-refractivity contribution is -0.104. The Morgan fingerprint density at radius 2 is 2.03 bits per heavy atom. The summed E-state index contributed by atoms with van der Waals surface area (Å²) in [4.78, 5) is 20.9. The van der Waals surface area contributed by atoms with Gasteiger partial charge in [0.1, 0.15) is 6.29 Å². The van der Waals surface area contributed by atoms with E-state index in [1.807, 2.05) is 30.6 Å². The smallest absolute Gasteiger partial charge is 0.143 e. The van der Waals surface area contributed by atoms with E-state index in [1.54, 1.807) is 6.08 Å². The summed E-state index contributed by atoms with van der Waals surface area (Å²) in [6, 6.07) is 2.69. The van der Waals surface area contributed by atoms with Gasteiger partial charge in [0.15, 0.2) is 0 Å². The van der Waals surface area contributed by atoms with E-state index in [2.05, 4.69) is 53.3 Å². The number of rotatable bonds is 8. The van der Waals surface area contributed by atoms with Gasteiger partial charge >= 0.3 is 0 Å². The van der Waals surface area contributed by atoms with E-state index in [0.29, 0.717) is 14.6 Å². The summed E-state index contributed by atoms with van der Waals surface area (Å²) in [5.74, 6) is 0.212. The minimum absolute atomic E-state index is 0.212. The Hall–Kier alpha value is -2.50. The summed E-state index contributed by atoms with van der Waals surface area (Å²) < 4.78 is 1.88. The van der Waals surface area contributed by atoms with Crippen LogP contribution >= 0.6 is 8.58 Å². The Bertz CT molecular complexity index is 1130. The molecule has 2 aromatic rings. The second-order valence-electron chi connectivity index (χ2n) is 9.41. The van der Waals surface area contributed by atoms with Crippen molar-refractivity contribution in [3.63, 3.8) is 0 Å². The molecule has 7 nitrogen and oxygen atoms in total. The third-order valence-electron chi connectivity index (χ3n) is 6.66. The number of carbonyl (C=O) groups excluding carboxylic acids is 1. The maximum Gasteiger partial charge on any atom is 0.143 e. The summed E-state index contributed by atoms with van der Waals surface area (Å²) in [5, 5.41) is 9.41. The fraction of sp³-hybridized carbons (Fsp3) is 0.500. The molecule has 0 radical (unpaired) electrons. The van der Waals surface area contributed by atoms with Crippen LogP contribution < -0.4 is 5.32 Å². The van der Waals surface area contributed by atoms with E-state index in [4.69, 9.17) is 5.10 Å². The number of aldehydes is 1. The first-order chi connectivity index (χ1) is 16.4. The van der Waals surface area contributed by atoms with Gasteiger partial charge in [-0.2, -0.15) is 5.10 Å². The molecule has 4 heterocycles. The molecular formula is C26H37N6OP. The number of likely N-dealkylation sites (tertiary alicyclic amines) is 1. The van der Waals surface area contributed by atoms with Crippen molar-refractivity contribution in [2.24, 2.45) is 0 Å². The highest BCUT2D eigenvalue weighted by atomic mass is 31.1. The second-order valence-corrected chi connectivity index (χ2v) is 10.8. The zero-order valence-corrected chi connectivity index (χ0v) is 22.0. The monoisotopic (exact) mass is 480 g/mol. The molecule has 2 aliphatic rings. The Morgan fingerprint density at radius 1 is 1.26 bits per heavy atom. The van der Waals surface area contributed by atoms with Crippen LogP contribution in [0.2, 0.25) is 0 Å². The van der Waals surface area contributed by atoms with E-state index >= 15 is 0 Å². The predicted molar refractivity (Wildman–Crippen MR) is 141 cm³/mol. The van der Waals surface area contributed by atoms with Crippen LogP contribution in [0.4, 0.5) is 0 Å². The first-order valence-corrected chi connectivity index (χ1v) is 13.3. The van der Waals surface area contributed by atoms with Crippen molar-refractivity contribution in [3.05, 3.63) is 59.0 Å². The third kappa shape index (κ3) is 5.42. The number of nitrogens with one attached hydrogen (secondary N) is 1. The average Bonchev–Trinajstić information content (AvgIpc) is 3.24. The fourth-order valence-corrected chi connectivity index (χ4v) is 6.20. The van der Waals surface area contributed by atoms with E-state index in [-0.39, 0.29) is 5.78 Å².